The zero-order chi connectivity index (χ0) is 9.26. The minimum Gasteiger partial charge on any atom is -0.341 e. The number of nitroso groups, excluding NO2 is 1. The van der Waals surface area contributed by atoms with Crippen molar-refractivity contribution in [2.45, 2.75) is 13.3 Å². The summed E-state index contributed by atoms with van der Waals surface area (Å²) in [4.78, 5) is 17.7. The number of hydrogen-bond donors (Lipinski definition) is 1. The van der Waals surface area contributed by atoms with Crippen LogP contribution in [0, 0.1) is 4.91 Å². The zero-order valence-corrected chi connectivity index (χ0v) is 7.24. The third kappa shape index (κ3) is 1.11. The monoisotopic (exact) mass is 175 g/mol. The quantitative estimate of drug-likeness (QED) is 0.713. The average Bonchev–Trinajstić information content (AvgIpc) is 2.55. The fraction of sp³-hybridized carbons (Fsp3) is 0.222. The van der Waals surface area contributed by atoms with E-state index in [0.29, 0.717) is 5.69 Å². The Balaban J connectivity index is 2.81. The predicted molar refractivity (Wildman–Crippen MR) is 50.9 cm³/mol. The minimum atomic E-state index is 0.491. The predicted octanol–water partition coefficient (Wildman–Crippen LogP) is 2.52. The van der Waals surface area contributed by atoms with Crippen molar-refractivity contribution in [1.82, 2.24) is 9.97 Å². The van der Waals surface area contributed by atoms with E-state index in [-0.39, 0.29) is 0 Å². The molecule has 0 aliphatic carbocycles. The van der Waals surface area contributed by atoms with E-state index in [2.05, 4.69) is 15.1 Å². The number of pyridine rings is 1. The van der Waals surface area contributed by atoms with Gasteiger partial charge >= 0.3 is 0 Å². The third-order valence-corrected chi connectivity index (χ3v) is 2.06. The van der Waals surface area contributed by atoms with Gasteiger partial charge < -0.3 is 4.98 Å². The maximum atomic E-state index is 10.6. The molecule has 2 rings (SSSR count). The van der Waals surface area contributed by atoms with Gasteiger partial charge in [0.2, 0.25) is 0 Å². The molecule has 4 nitrogen and oxygen atoms in total. The molecule has 0 saturated heterocycles. The van der Waals surface area contributed by atoms with E-state index in [1.807, 2.05) is 13.0 Å². The molecule has 2 aromatic rings. The van der Waals surface area contributed by atoms with E-state index in [1.54, 1.807) is 12.3 Å². The summed E-state index contributed by atoms with van der Waals surface area (Å²) in [6, 6.07) is 3.64. The van der Waals surface area contributed by atoms with Crippen LogP contribution in [-0.4, -0.2) is 9.97 Å². The van der Waals surface area contributed by atoms with Crippen LogP contribution in [0.3, 0.4) is 0 Å². The molecule has 66 valence electrons. The number of rotatable bonds is 2. The van der Waals surface area contributed by atoms with Crippen LogP contribution in [0.4, 0.5) is 5.69 Å². The highest BCUT2D eigenvalue weighted by atomic mass is 16.3. The Morgan fingerprint density at radius 1 is 1.62 bits per heavy atom. The van der Waals surface area contributed by atoms with Crippen LogP contribution in [0.5, 0.6) is 0 Å². The maximum Gasteiger partial charge on any atom is 0.139 e. The lowest BCUT2D eigenvalue weighted by Gasteiger charge is -1.88. The van der Waals surface area contributed by atoms with Crippen molar-refractivity contribution in [3.05, 3.63) is 28.9 Å². The second-order valence-electron chi connectivity index (χ2n) is 2.80. The number of fused-ring (bicyclic) bond motifs is 1. The molecule has 2 aromatic heterocycles. The van der Waals surface area contributed by atoms with Gasteiger partial charge in [0.25, 0.3) is 0 Å². The van der Waals surface area contributed by atoms with Gasteiger partial charge in [-0.25, -0.2) is 4.98 Å². The lowest BCUT2D eigenvalue weighted by Crippen LogP contribution is -1.78. The number of aromatic amines is 1. The summed E-state index contributed by atoms with van der Waals surface area (Å²) in [5.41, 5.74) is 2.07. The summed E-state index contributed by atoms with van der Waals surface area (Å²) >= 11 is 0. The van der Waals surface area contributed by atoms with Crippen LogP contribution < -0.4 is 0 Å². The Bertz CT molecular complexity index is 447. The summed E-state index contributed by atoms with van der Waals surface area (Å²) in [6.07, 6.45) is 2.45. The van der Waals surface area contributed by atoms with Crippen molar-refractivity contribution < 1.29 is 0 Å². The zero-order valence-electron chi connectivity index (χ0n) is 7.24. The van der Waals surface area contributed by atoms with Gasteiger partial charge in [-0.15, -0.1) is 4.91 Å². The summed E-state index contributed by atoms with van der Waals surface area (Å²) in [6.45, 7) is 1.97. The fourth-order valence-electron chi connectivity index (χ4n) is 1.42. The number of H-pyrrole nitrogens is 1. The third-order valence-electron chi connectivity index (χ3n) is 2.06. The topological polar surface area (TPSA) is 58.1 Å². The Hall–Kier alpha value is -1.71. The van der Waals surface area contributed by atoms with E-state index in [0.717, 1.165) is 23.1 Å². The summed E-state index contributed by atoms with van der Waals surface area (Å²) in [5, 5.41) is 3.81. The normalized spacial score (nSPS) is 10.5. The SMILES string of the molecule is CCc1[nH]c2ncccc2c1N=O. The van der Waals surface area contributed by atoms with Crippen LogP contribution in [0.1, 0.15) is 12.6 Å². The number of nitrogens with zero attached hydrogens (tertiary/aromatic N) is 2. The van der Waals surface area contributed by atoms with Crippen LogP contribution in [-0.2, 0) is 6.42 Å². The van der Waals surface area contributed by atoms with Gasteiger partial charge in [0.1, 0.15) is 11.3 Å². The van der Waals surface area contributed by atoms with Gasteiger partial charge in [-0.05, 0) is 23.7 Å². The molecule has 0 atom stereocenters. The standard InChI is InChI=1S/C9H9N3O/c1-2-7-8(12-13)6-4-3-5-10-9(6)11-7/h3-5H,2H2,1H3,(H,10,11). The molecular formula is C9H9N3O. The molecule has 0 unspecified atom stereocenters. The van der Waals surface area contributed by atoms with Crippen molar-refractivity contribution >= 4 is 16.7 Å². The van der Waals surface area contributed by atoms with Crippen molar-refractivity contribution in [2.24, 2.45) is 5.18 Å². The van der Waals surface area contributed by atoms with Gasteiger partial charge in [-0.3, -0.25) is 0 Å². The summed E-state index contributed by atoms with van der Waals surface area (Å²) < 4.78 is 0. The molecule has 2 heterocycles. The molecule has 0 aliphatic heterocycles. The van der Waals surface area contributed by atoms with E-state index in [4.69, 9.17) is 0 Å². The second kappa shape index (κ2) is 2.97. The molecule has 0 amide bonds. The Kier molecular flexibility index (Phi) is 1.81. The molecule has 1 N–H and O–H groups in total. The molecule has 0 aliphatic rings. The molecular weight excluding hydrogens is 166 g/mol. The highest BCUT2D eigenvalue weighted by molar-refractivity contribution is 5.90. The molecule has 0 radical (unpaired) electrons. The first-order valence-corrected chi connectivity index (χ1v) is 4.15. The number of nitrogens with one attached hydrogen (secondary N) is 1. The first-order valence-electron chi connectivity index (χ1n) is 4.15. The highest BCUT2D eigenvalue weighted by Gasteiger charge is 2.10. The molecule has 13 heavy (non-hydrogen) atoms. The largest absolute Gasteiger partial charge is 0.341 e. The second-order valence-corrected chi connectivity index (χ2v) is 2.80. The number of aryl methyl sites for hydroxylation is 1. The smallest absolute Gasteiger partial charge is 0.139 e. The minimum absolute atomic E-state index is 0.491. The van der Waals surface area contributed by atoms with Gasteiger partial charge in [-0.1, -0.05) is 6.92 Å². The van der Waals surface area contributed by atoms with Gasteiger partial charge in [0.15, 0.2) is 0 Å². The van der Waals surface area contributed by atoms with Crippen LogP contribution >= 0.6 is 0 Å². The van der Waals surface area contributed by atoms with Crippen LogP contribution in [0.25, 0.3) is 11.0 Å². The van der Waals surface area contributed by atoms with E-state index < -0.39 is 0 Å². The van der Waals surface area contributed by atoms with Crippen LogP contribution in [0.15, 0.2) is 23.5 Å². The fourth-order valence-corrected chi connectivity index (χ4v) is 1.42. The van der Waals surface area contributed by atoms with Crippen molar-refractivity contribution in [1.29, 1.82) is 0 Å². The van der Waals surface area contributed by atoms with Gasteiger partial charge in [0.05, 0.1) is 0 Å². The molecule has 0 saturated carbocycles. The first kappa shape index (κ1) is 7.91. The molecule has 4 heteroatoms. The Labute approximate surface area is 75.0 Å². The maximum absolute atomic E-state index is 10.6. The van der Waals surface area contributed by atoms with Gasteiger partial charge in [0, 0.05) is 17.3 Å². The molecule has 0 bridgehead atoms. The highest BCUT2D eigenvalue weighted by Crippen LogP contribution is 2.28. The average molecular weight is 175 g/mol. The lowest BCUT2D eigenvalue weighted by molar-refractivity contribution is 1.06. The molecule has 0 spiro atoms. The van der Waals surface area contributed by atoms with Crippen LogP contribution in [0.2, 0.25) is 0 Å². The lowest BCUT2D eigenvalue weighted by atomic mass is 10.2. The molecule has 0 fully saturated rings. The number of hydrogen-bond acceptors (Lipinski definition) is 3. The summed E-state index contributed by atoms with van der Waals surface area (Å²) in [7, 11) is 0. The Morgan fingerprint density at radius 3 is 3.15 bits per heavy atom. The van der Waals surface area contributed by atoms with E-state index >= 15 is 0 Å². The molecule has 0 aromatic carbocycles. The van der Waals surface area contributed by atoms with E-state index in [1.165, 1.54) is 0 Å². The van der Waals surface area contributed by atoms with E-state index in [9.17, 15) is 4.91 Å². The first-order chi connectivity index (χ1) is 6.36. The van der Waals surface area contributed by atoms with Crippen molar-refractivity contribution in [3.63, 3.8) is 0 Å². The number of aromatic nitrogens is 2. The summed E-state index contributed by atoms with van der Waals surface area (Å²) in [5.74, 6) is 0. The Morgan fingerprint density at radius 2 is 2.46 bits per heavy atom. The van der Waals surface area contributed by atoms with Gasteiger partial charge in [-0.2, -0.15) is 0 Å². The van der Waals surface area contributed by atoms with Crippen molar-refractivity contribution in [3.8, 4) is 0 Å². The van der Waals surface area contributed by atoms with Crippen molar-refractivity contribution in [2.75, 3.05) is 0 Å².